The van der Waals surface area contributed by atoms with E-state index in [1.807, 2.05) is 12.3 Å². The molecule has 0 aliphatic rings. The Morgan fingerprint density at radius 2 is 2.30 bits per heavy atom. The highest BCUT2D eigenvalue weighted by atomic mass is 32.2. The molecule has 0 aliphatic carbocycles. The molecule has 0 saturated heterocycles. The van der Waals surface area contributed by atoms with Crippen molar-refractivity contribution in [1.82, 2.24) is 0 Å². The van der Waals surface area contributed by atoms with Crippen LogP contribution in [0.4, 0.5) is 0 Å². The molecule has 0 radical (unpaired) electrons. The molecule has 0 aliphatic heterocycles. The van der Waals surface area contributed by atoms with Gasteiger partial charge in [0.1, 0.15) is 0 Å². The van der Waals surface area contributed by atoms with Crippen molar-refractivity contribution < 1.29 is 5.11 Å². The third-order valence-electron chi connectivity index (χ3n) is 1.40. The average Bonchev–Trinajstić information content (AvgIpc) is 1.98. The van der Waals surface area contributed by atoms with E-state index >= 15 is 0 Å². The zero-order valence-electron chi connectivity index (χ0n) is 6.37. The zero-order valence-corrected chi connectivity index (χ0v) is 7.19. The van der Waals surface area contributed by atoms with Crippen molar-refractivity contribution in [2.45, 2.75) is 19.4 Å². The minimum atomic E-state index is -0.447. The maximum Gasteiger partial charge on any atom is 0.0703 e. The first kappa shape index (κ1) is 9.80. The average molecular weight is 159 g/mol. The lowest BCUT2D eigenvalue weighted by Crippen LogP contribution is -2.16. The summed E-state index contributed by atoms with van der Waals surface area (Å²) in [4.78, 5) is 0. The van der Waals surface area contributed by atoms with Crippen LogP contribution < -0.4 is 0 Å². The van der Waals surface area contributed by atoms with Gasteiger partial charge in [0.15, 0.2) is 0 Å². The summed E-state index contributed by atoms with van der Waals surface area (Å²) in [7, 11) is 0. The molecule has 2 unspecified atom stereocenters. The molecule has 0 aromatic rings. The third kappa shape index (κ3) is 3.76. The lowest BCUT2D eigenvalue weighted by atomic mass is 10.1. The van der Waals surface area contributed by atoms with E-state index in [2.05, 4.69) is 0 Å². The van der Waals surface area contributed by atoms with Crippen molar-refractivity contribution >= 4 is 11.8 Å². The van der Waals surface area contributed by atoms with Gasteiger partial charge in [-0.2, -0.15) is 17.0 Å². The second-order valence-electron chi connectivity index (χ2n) is 2.27. The highest BCUT2D eigenvalue weighted by molar-refractivity contribution is 7.98. The SMILES string of the molecule is CSCCC(O)C(C)C#N. The van der Waals surface area contributed by atoms with Crippen molar-refractivity contribution in [3.8, 4) is 6.07 Å². The zero-order chi connectivity index (χ0) is 7.98. The van der Waals surface area contributed by atoms with Crippen molar-refractivity contribution in [3.05, 3.63) is 0 Å². The lowest BCUT2D eigenvalue weighted by Gasteiger charge is -2.10. The summed E-state index contributed by atoms with van der Waals surface area (Å²) in [6.07, 6.45) is 2.26. The molecule has 0 bridgehead atoms. The van der Waals surface area contributed by atoms with E-state index in [-0.39, 0.29) is 5.92 Å². The molecular weight excluding hydrogens is 146 g/mol. The van der Waals surface area contributed by atoms with E-state index in [4.69, 9.17) is 5.26 Å². The molecule has 10 heavy (non-hydrogen) atoms. The number of aliphatic hydroxyl groups is 1. The fourth-order valence-electron chi connectivity index (χ4n) is 0.575. The Hall–Kier alpha value is -0.200. The Kier molecular flexibility index (Phi) is 5.46. The molecule has 1 N–H and O–H groups in total. The van der Waals surface area contributed by atoms with Gasteiger partial charge in [-0.1, -0.05) is 0 Å². The fourth-order valence-corrected chi connectivity index (χ4v) is 1.05. The van der Waals surface area contributed by atoms with E-state index < -0.39 is 6.10 Å². The maximum absolute atomic E-state index is 9.21. The first-order valence-corrected chi connectivity index (χ1v) is 4.68. The van der Waals surface area contributed by atoms with Gasteiger partial charge >= 0.3 is 0 Å². The molecule has 0 aromatic heterocycles. The molecule has 2 nitrogen and oxygen atoms in total. The van der Waals surface area contributed by atoms with Crippen LogP contribution in [0.25, 0.3) is 0 Å². The van der Waals surface area contributed by atoms with E-state index in [0.717, 1.165) is 12.2 Å². The highest BCUT2D eigenvalue weighted by Gasteiger charge is 2.11. The van der Waals surface area contributed by atoms with Crippen LogP contribution in [0.1, 0.15) is 13.3 Å². The Balaban J connectivity index is 3.43. The van der Waals surface area contributed by atoms with Gasteiger partial charge in [0.25, 0.3) is 0 Å². The fraction of sp³-hybridized carbons (Fsp3) is 0.857. The van der Waals surface area contributed by atoms with Gasteiger partial charge in [0.2, 0.25) is 0 Å². The van der Waals surface area contributed by atoms with E-state index in [1.54, 1.807) is 18.7 Å². The normalized spacial score (nSPS) is 15.8. The molecule has 0 amide bonds. The lowest BCUT2D eigenvalue weighted by molar-refractivity contribution is 0.138. The molecule has 0 heterocycles. The van der Waals surface area contributed by atoms with Gasteiger partial charge in [0.05, 0.1) is 18.1 Å². The monoisotopic (exact) mass is 159 g/mol. The summed E-state index contributed by atoms with van der Waals surface area (Å²) < 4.78 is 0. The minimum absolute atomic E-state index is 0.229. The first-order chi connectivity index (χ1) is 4.72. The van der Waals surface area contributed by atoms with Crippen molar-refractivity contribution in [3.63, 3.8) is 0 Å². The van der Waals surface area contributed by atoms with Crippen LogP contribution >= 0.6 is 11.8 Å². The van der Waals surface area contributed by atoms with Gasteiger partial charge in [-0.05, 0) is 25.4 Å². The number of hydrogen-bond acceptors (Lipinski definition) is 3. The Morgan fingerprint density at radius 3 is 2.70 bits per heavy atom. The van der Waals surface area contributed by atoms with Crippen LogP contribution in [0.3, 0.4) is 0 Å². The first-order valence-electron chi connectivity index (χ1n) is 3.29. The highest BCUT2D eigenvalue weighted by Crippen LogP contribution is 2.08. The van der Waals surface area contributed by atoms with Crippen LogP contribution in [0.2, 0.25) is 0 Å². The second-order valence-corrected chi connectivity index (χ2v) is 3.25. The standard InChI is InChI=1S/C7H13NOS/c1-6(5-8)7(9)3-4-10-2/h6-7,9H,3-4H2,1-2H3. The number of aliphatic hydroxyl groups excluding tert-OH is 1. The van der Waals surface area contributed by atoms with Crippen molar-refractivity contribution in [2.24, 2.45) is 5.92 Å². The molecule has 58 valence electrons. The quantitative estimate of drug-likeness (QED) is 0.671. The summed E-state index contributed by atoms with van der Waals surface area (Å²) in [5.74, 6) is 0.694. The second kappa shape index (κ2) is 5.57. The molecule has 0 spiro atoms. The summed E-state index contributed by atoms with van der Waals surface area (Å²) in [6.45, 7) is 1.74. The van der Waals surface area contributed by atoms with Crippen LogP contribution in [0.5, 0.6) is 0 Å². The van der Waals surface area contributed by atoms with Crippen LogP contribution in [-0.2, 0) is 0 Å². The molecule has 3 heteroatoms. The van der Waals surface area contributed by atoms with Crippen LogP contribution in [0, 0.1) is 17.2 Å². The number of thioether (sulfide) groups is 1. The Bertz CT molecular complexity index is 121. The molecule has 0 fully saturated rings. The molecule has 0 rings (SSSR count). The Labute approximate surface area is 66.2 Å². The predicted molar refractivity (Wildman–Crippen MR) is 43.8 cm³/mol. The predicted octanol–water partition coefficient (Wildman–Crippen LogP) is 1.26. The van der Waals surface area contributed by atoms with E-state index in [1.165, 1.54) is 0 Å². The van der Waals surface area contributed by atoms with Gasteiger partial charge in [-0.3, -0.25) is 0 Å². The number of nitrogens with zero attached hydrogens (tertiary/aromatic N) is 1. The number of nitriles is 1. The molecule has 0 aromatic carbocycles. The topological polar surface area (TPSA) is 44.0 Å². The summed E-state index contributed by atoms with van der Waals surface area (Å²) in [5, 5.41) is 17.6. The third-order valence-corrected chi connectivity index (χ3v) is 2.04. The van der Waals surface area contributed by atoms with Crippen molar-refractivity contribution in [1.29, 1.82) is 5.26 Å². The molecule has 0 saturated carbocycles. The van der Waals surface area contributed by atoms with Gasteiger partial charge in [-0.15, -0.1) is 0 Å². The Morgan fingerprint density at radius 1 is 1.70 bits per heavy atom. The van der Waals surface area contributed by atoms with Crippen LogP contribution in [-0.4, -0.2) is 23.2 Å². The van der Waals surface area contributed by atoms with Gasteiger partial charge in [0, 0.05) is 0 Å². The maximum atomic E-state index is 9.21. The number of hydrogen-bond donors (Lipinski definition) is 1. The van der Waals surface area contributed by atoms with Gasteiger partial charge < -0.3 is 5.11 Å². The van der Waals surface area contributed by atoms with Crippen molar-refractivity contribution in [2.75, 3.05) is 12.0 Å². The minimum Gasteiger partial charge on any atom is -0.392 e. The summed E-state index contributed by atoms with van der Waals surface area (Å²) in [5.41, 5.74) is 0. The van der Waals surface area contributed by atoms with E-state index in [9.17, 15) is 5.11 Å². The smallest absolute Gasteiger partial charge is 0.0703 e. The summed E-state index contributed by atoms with van der Waals surface area (Å²) >= 11 is 1.69. The summed E-state index contributed by atoms with van der Waals surface area (Å²) in [6, 6.07) is 2.01. The van der Waals surface area contributed by atoms with Gasteiger partial charge in [-0.25, -0.2) is 0 Å². The van der Waals surface area contributed by atoms with E-state index in [0.29, 0.717) is 0 Å². The number of rotatable bonds is 4. The van der Waals surface area contributed by atoms with Crippen LogP contribution in [0.15, 0.2) is 0 Å². The molecule has 2 atom stereocenters. The largest absolute Gasteiger partial charge is 0.392 e. The molecular formula is C7H13NOS.